The van der Waals surface area contributed by atoms with Gasteiger partial charge in [0, 0.05) is 24.6 Å². The Kier molecular flexibility index (Phi) is 3.91. The van der Waals surface area contributed by atoms with Crippen LogP contribution in [0.2, 0.25) is 0 Å². The number of rotatable bonds is 2. The second-order valence-corrected chi connectivity index (χ2v) is 4.95. The van der Waals surface area contributed by atoms with Crippen LogP contribution in [0.25, 0.3) is 0 Å². The molecule has 0 saturated carbocycles. The molecular formula is C13H15FN2OS. The normalized spacial score (nSPS) is 16.6. The van der Waals surface area contributed by atoms with E-state index in [1.165, 1.54) is 24.3 Å². The first-order valence-corrected chi connectivity index (χ1v) is 6.33. The molecule has 1 aromatic carbocycles. The van der Waals surface area contributed by atoms with E-state index in [0.29, 0.717) is 23.6 Å². The van der Waals surface area contributed by atoms with Gasteiger partial charge in [-0.25, -0.2) is 4.39 Å². The first-order valence-electron chi connectivity index (χ1n) is 5.92. The van der Waals surface area contributed by atoms with Crippen LogP contribution in [0.4, 0.5) is 4.39 Å². The van der Waals surface area contributed by atoms with E-state index in [0.717, 1.165) is 12.8 Å². The van der Waals surface area contributed by atoms with Gasteiger partial charge in [0.1, 0.15) is 5.82 Å². The highest BCUT2D eigenvalue weighted by Crippen LogP contribution is 2.19. The fourth-order valence-electron chi connectivity index (χ4n) is 2.14. The lowest BCUT2D eigenvalue weighted by atomic mass is 9.96. The van der Waals surface area contributed by atoms with Crippen molar-refractivity contribution in [3.05, 3.63) is 35.6 Å². The van der Waals surface area contributed by atoms with E-state index in [1.54, 1.807) is 4.90 Å². The largest absolute Gasteiger partial charge is 0.393 e. The topological polar surface area (TPSA) is 46.3 Å². The van der Waals surface area contributed by atoms with E-state index in [1.807, 2.05) is 0 Å². The Hall–Kier alpha value is -1.49. The van der Waals surface area contributed by atoms with Gasteiger partial charge >= 0.3 is 0 Å². The van der Waals surface area contributed by atoms with Crippen LogP contribution in [0.3, 0.4) is 0 Å². The van der Waals surface area contributed by atoms with Gasteiger partial charge in [-0.05, 0) is 37.1 Å². The Morgan fingerprint density at radius 3 is 2.33 bits per heavy atom. The molecule has 2 rings (SSSR count). The van der Waals surface area contributed by atoms with E-state index in [4.69, 9.17) is 18.0 Å². The molecule has 1 aromatic rings. The summed E-state index contributed by atoms with van der Waals surface area (Å²) in [4.78, 5) is 14.4. The summed E-state index contributed by atoms with van der Waals surface area (Å²) < 4.78 is 12.8. The summed E-state index contributed by atoms with van der Waals surface area (Å²) >= 11 is 4.96. The maximum absolute atomic E-state index is 12.8. The fourth-order valence-corrected chi connectivity index (χ4v) is 2.38. The Labute approximate surface area is 111 Å². The summed E-state index contributed by atoms with van der Waals surface area (Å²) in [7, 11) is 0. The van der Waals surface area contributed by atoms with Gasteiger partial charge in [-0.15, -0.1) is 0 Å². The van der Waals surface area contributed by atoms with Crippen molar-refractivity contribution in [2.24, 2.45) is 11.7 Å². The standard InChI is InChI=1S/C13H15FN2OS/c14-11-3-1-10(2-4-11)13(17)16-7-5-9(6-8-16)12(15)18/h1-4,9H,5-8H2,(H2,15,18). The summed E-state index contributed by atoms with van der Waals surface area (Å²) in [6.45, 7) is 1.30. The van der Waals surface area contributed by atoms with E-state index < -0.39 is 0 Å². The number of piperidine rings is 1. The molecule has 5 heteroatoms. The molecule has 0 spiro atoms. The van der Waals surface area contributed by atoms with Gasteiger partial charge in [0.15, 0.2) is 0 Å². The number of carbonyl (C=O) groups is 1. The smallest absolute Gasteiger partial charge is 0.253 e. The van der Waals surface area contributed by atoms with Gasteiger partial charge in [-0.2, -0.15) is 0 Å². The number of hydrogen-bond donors (Lipinski definition) is 1. The van der Waals surface area contributed by atoms with E-state index in [-0.39, 0.29) is 17.6 Å². The highest BCUT2D eigenvalue weighted by atomic mass is 32.1. The quantitative estimate of drug-likeness (QED) is 0.832. The number of likely N-dealkylation sites (tertiary alicyclic amines) is 1. The monoisotopic (exact) mass is 266 g/mol. The molecule has 2 N–H and O–H groups in total. The highest BCUT2D eigenvalue weighted by Gasteiger charge is 2.24. The third kappa shape index (κ3) is 2.85. The van der Waals surface area contributed by atoms with Gasteiger partial charge < -0.3 is 10.6 Å². The van der Waals surface area contributed by atoms with Gasteiger partial charge in [-0.1, -0.05) is 12.2 Å². The SMILES string of the molecule is NC(=S)C1CCN(C(=O)c2ccc(F)cc2)CC1. The van der Waals surface area contributed by atoms with Crippen LogP contribution in [0.5, 0.6) is 0 Å². The summed E-state index contributed by atoms with van der Waals surface area (Å²) in [5.41, 5.74) is 6.12. The van der Waals surface area contributed by atoms with Crippen LogP contribution in [0, 0.1) is 11.7 Å². The van der Waals surface area contributed by atoms with Crippen LogP contribution >= 0.6 is 12.2 Å². The lowest BCUT2D eigenvalue weighted by molar-refractivity contribution is 0.0710. The van der Waals surface area contributed by atoms with Gasteiger partial charge in [0.25, 0.3) is 5.91 Å². The lowest BCUT2D eigenvalue weighted by Gasteiger charge is -2.31. The maximum Gasteiger partial charge on any atom is 0.253 e. The van der Waals surface area contributed by atoms with Crippen molar-refractivity contribution in [2.45, 2.75) is 12.8 Å². The first kappa shape index (κ1) is 13.0. The maximum atomic E-state index is 12.8. The Balaban J connectivity index is 1.99. The summed E-state index contributed by atoms with van der Waals surface area (Å²) in [5, 5.41) is 0. The average Bonchev–Trinajstić information content (AvgIpc) is 2.39. The minimum atomic E-state index is -0.335. The number of halogens is 1. The molecule has 96 valence electrons. The molecule has 1 heterocycles. The lowest BCUT2D eigenvalue weighted by Crippen LogP contribution is -2.41. The number of thiocarbonyl (C=S) groups is 1. The molecule has 0 aromatic heterocycles. The molecular weight excluding hydrogens is 251 g/mol. The summed E-state index contributed by atoms with van der Waals surface area (Å²) in [6, 6.07) is 5.62. The molecule has 0 atom stereocenters. The van der Waals surface area contributed by atoms with Crippen molar-refractivity contribution < 1.29 is 9.18 Å². The van der Waals surface area contributed by atoms with Crippen molar-refractivity contribution in [1.29, 1.82) is 0 Å². The number of carbonyl (C=O) groups excluding carboxylic acids is 1. The average molecular weight is 266 g/mol. The van der Waals surface area contributed by atoms with Crippen LogP contribution in [-0.4, -0.2) is 28.9 Å². The molecule has 0 bridgehead atoms. The van der Waals surface area contributed by atoms with Crippen LogP contribution < -0.4 is 5.73 Å². The number of benzene rings is 1. The van der Waals surface area contributed by atoms with Crippen molar-refractivity contribution in [3.63, 3.8) is 0 Å². The van der Waals surface area contributed by atoms with Gasteiger partial charge in [-0.3, -0.25) is 4.79 Å². The van der Waals surface area contributed by atoms with Crippen molar-refractivity contribution >= 4 is 23.1 Å². The second-order valence-electron chi connectivity index (χ2n) is 4.48. The van der Waals surface area contributed by atoms with E-state index in [9.17, 15) is 9.18 Å². The van der Waals surface area contributed by atoms with Crippen molar-refractivity contribution in [3.8, 4) is 0 Å². The summed E-state index contributed by atoms with van der Waals surface area (Å²) in [6.07, 6.45) is 1.62. The fraction of sp³-hybridized carbons (Fsp3) is 0.385. The van der Waals surface area contributed by atoms with Crippen LogP contribution in [0.1, 0.15) is 23.2 Å². The molecule has 1 amide bonds. The molecule has 0 aliphatic carbocycles. The van der Waals surface area contributed by atoms with E-state index in [2.05, 4.69) is 0 Å². The zero-order valence-electron chi connectivity index (χ0n) is 9.93. The second kappa shape index (κ2) is 5.44. The molecule has 0 radical (unpaired) electrons. The summed E-state index contributed by atoms with van der Waals surface area (Å²) in [5.74, 6) is -0.160. The van der Waals surface area contributed by atoms with Crippen molar-refractivity contribution in [2.75, 3.05) is 13.1 Å². The molecule has 1 aliphatic rings. The van der Waals surface area contributed by atoms with Gasteiger partial charge in [0.05, 0.1) is 4.99 Å². The predicted molar refractivity (Wildman–Crippen MR) is 71.8 cm³/mol. The highest BCUT2D eigenvalue weighted by molar-refractivity contribution is 7.80. The minimum absolute atomic E-state index is 0.0589. The number of nitrogens with two attached hydrogens (primary N) is 1. The van der Waals surface area contributed by atoms with Gasteiger partial charge in [0.2, 0.25) is 0 Å². The Bertz CT molecular complexity index is 453. The number of nitrogens with zero attached hydrogens (tertiary/aromatic N) is 1. The number of hydrogen-bond acceptors (Lipinski definition) is 2. The van der Waals surface area contributed by atoms with Crippen molar-refractivity contribution in [1.82, 2.24) is 4.90 Å². The van der Waals surface area contributed by atoms with Crippen LogP contribution in [-0.2, 0) is 0 Å². The zero-order chi connectivity index (χ0) is 13.1. The Morgan fingerprint density at radius 1 is 1.28 bits per heavy atom. The molecule has 18 heavy (non-hydrogen) atoms. The third-order valence-electron chi connectivity index (χ3n) is 3.28. The predicted octanol–water partition coefficient (Wildman–Crippen LogP) is 1.96. The Morgan fingerprint density at radius 2 is 1.83 bits per heavy atom. The third-order valence-corrected chi connectivity index (χ3v) is 3.61. The van der Waals surface area contributed by atoms with Crippen LogP contribution in [0.15, 0.2) is 24.3 Å². The zero-order valence-corrected chi connectivity index (χ0v) is 10.8. The molecule has 1 aliphatic heterocycles. The minimum Gasteiger partial charge on any atom is -0.393 e. The molecule has 3 nitrogen and oxygen atoms in total. The first-order chi connectivity index (χ1) is 8.58. The molecule has 1 saturated heterocycles. The molecule has 0 unspecified atom stereocenters. The molecule has 1 fully saturated rings. The number of amides is 1. The van der Waals surface area contributed by atoms with E-state index >= 15 is 0 Å².